The number of carbonyl (C=O) groups is 1. The molecular weight excluding hydrogens is 323 g/mol. The lowest BCUT2D eigenvalue weighted by Gasteiger charge is -2.32. The molecule has 1 aromatic heterocycles. The molecule has 1 amide bonds. The number of nitrogens with one attached hydrogen (secondary N) is 1. The topological polar surface area (TPSA) is 54.5 Å². The molecule has 0 spiro atoms. The Morgan fingerprint density at radius 2 is 2.00 bits per heavy atom. The molecule has 1 aliphatic heterocycles. The van der Waals surface area contributed by atoms with Crippen LogP contribution in [0.25, 0.3) is 0 Å². The van der Waals surface area contributed by atoms with Crippen LogP contribution in [0.3, 0.4) is 0 Å². The number of likely N-dealkylation sites (tertiary alicyclic amines) is 1. The van der Waals surface area contributed by atoms with Gasteiger partial charge < -0.3 is 15.0 Å². The molecule has 2 heterocycles. The number of nitrogens with zero attached hydrogens (tertiary/aromatic N) is 2. The van der Waals surface area contributed by atoms with Gasteiger partial charge in [0.25, 0.3) is 5.91 Å². The predicted molar refractivity (Wildman–Crippen MR) is 80.9 cm³/mol. The van der Waals surface area contributed by atoms with Crippen molar-refractivity contribution < 1.29 is 22.7 Å². The maximum Gasteiger partial charge on any atom is 0.422 e. The van der Waals surface area contributed by atoms with Gasteiger partial charge in [-0.1, -0.05) is 0 Å². The maximum atomic E-state index is 12.4. The molecule has 3 rings (SSSR count). The first-order chi connectivity index (χ1) is 11.4. The second kappa shape index (κ2) is 6.96. The highest BCUT2D eigenvalue weighted by molar-refractivity contribution is 5.96. The van der Waals surface area contributed by atoms with Crippen LogP contribution in [-0.4, -0.2) is 53.7 Å². The van der Waals surface area contributed by atoms with Crippen molar-refractivity contribution in [3.63, 3.8) is 0 Å². The van der Waals surface area contributed by atoms with Gasteiger partial charge in [0.05, 0.1) is 0 Å². The predicted octanol–water partition coefficient (Wildman–Crippen LogP) is 2.38. The molecule has 1 aliphatic carbocycles. The molecule has 2 aliphatic rings. The fourth-order valence-corrected chi connectivity index (χ4v) is 2.94. The quantitative estimate of drug-likeness (QED) is 0.892. The Hall–Kier alpha value is -1.83. The van der Waals surface area contributed by atoms with Crippen LogP contribution in [0.2, 0.25) is 0 Å². The Balaban J connectivity index is 1.56. The van der Waals surface area contributed by atoms with Crippen molar-refractivity contribution in [3.05, 3.63) is 23.9 Å². The summed E-state index contributed by atoms with van der Waals surface area (Å²) in [6, 6.07) is 3.67. The van der Waals surface area contributed by atoms with Crippen LogP contribution in [0.4, 0.5) is 13.2 Å². The number of carbonyl (C=O) groups excluding carboxylic acids is 1. The smallest absolute Gasteiger partial charge is 0.422 e. The average Bonchev–Trinajstić information content (AvgIpc) is 3.38. The molecule has 1 N–H and O–H groups in total. The largest absolute Gasteiger partial charge is 0.467 e. The van der Waals surface area contributed by atoms with Crippen molar-refractivity contribution >= 4 is 5.91 Å². The van der Waals surface area contributed by atoms with E-state index in [0.717, 1.165) is 25.9 Å². The molecular formula is C16H20F3N3O2. The molecule has 0 radical (unpaired) electrons. The minimum atomic E-state index is -4.47. The minimum absolute atomic E-state index is 0.0307. The van der Waals surface area contributed by atoms with Crippen molar-refractivity contribution in [2.45, 2.75) is 43.9 Å². The zero-order valence-corrected chi connectivity index (χ0v) is 13.2. The Bertz CT molecular complexity index is 582. The minimum Gasteiger partial charge on any atom is -0.467 e. The van der Waals surface area contributed by atoms with Gasteiger partial charge >= 0.3 is 6.18 Å². The monoisotopic (exact) mass is 343 g/mol. The van der Waals surface area contributed by atoms with Gasteiger partial charge in [0.15, 0.2) is 6.61 Å². The van der Waals surface area contributed by atoms with Crippen LogP contribution in [0.15, 0.2) is 18.3 Å². The van der Waals surface area contributed by atoms with E-state index in [1.165, 1.54) is 31.2 Å². The van der Waals surface area contributed by atoms with E-state index in [4.69, 9.17) is 0 Å². The van der Waals surface area contributed by atoms with E-state index in [1.54, 1.807) is 0 Å². The molecule has 8 heteroatoms. The number of hydrogen-bond acceptors (Lipinski definition) is 4. The summed E-state index contributed by atoms with van der Waals surface area (Å²) < 4.78 is 41.6. The van der Waals surface area contributed by atoms with E-state index in [2.05, 4.69) is 19.9 Å². The molecule has 0 bridgehead atoms. The molecule has 0 atom stereocenters. The lowest BCUT2D eigenvalue weighted by atomic mass is 10.0. The summed E-state index contributed by atoms with van der Waals surface area (Å²) in [5.41, 5.74) is 0.0337. The number of alkyl halides is 3. The van der Waals surface area contributed by atoms with Crippen molar-refractivity contribution in [2.24, 2.45) is 0 Å². The van der Waals surface area contributed by atoms with Crippen LogP contribution in [-0.2, 0) is 0 Å². The van der Waals surface area contributed by atoms with Crippen molar-refractivity contribution in [1.29, 1.82) is 0 Å². The zero-order valence-electron chi connectivity index (χ0n) is 13.2. The van der Waals surface area contributed by atoms with Crippen LogP contribution in [0, 0.1) is 0 Å². The Morgan fingerprint density at radius 1 is 1.29 bits per heavy atom. The highest BCUT2D eigenvalue weighted by Crippen LogP contribution is 2.29. The molecule has 132 valence electrons. The summed E-state index contributed by atoms with van der Waals surface area (Å²) in [5, 5.41) is 2.89. The van der Waals surface area contributed by atoms with Gasteiger partial charge in [-0.25, -0.2) is 4.98 Å². The number of piperidine rings is 1. The number of hydrogen-bond donors (Lipinski definition) is 1. The maximum absolute atomic E-state index is 12.4. The van der Waals surface area contributed by atoms with E-state index in [0.29, 0.717) is 6.04 Å². The number of rotatable bonds is 5. The summed E-state index contributed by atoms with van der Waals surface area (Å²) in [7, 11) is 0. The standard InChI is InChI=1S/C16H20F3N3O2/c17-16(18,19)10-24-15-13(2-1-7-20-15)14(23)21-11-5-8-22(9-6-11)12-3-4-12/h1-2,7,11-12H,3-6,8-10H2,(H,21,23). The summed E-state index contributed by atoms with van der Waals surface area (Å²) in [6.07, 6.45) is 1.04. The van der Waals surface area contributed by atoms with Gasteiger partial charge in [-0.3, -0.25) is 4.79 Å². The molecule has 2 fully saturated rings. The number of aromatic nitrogens is 1. The van der Waals surface area contributed by atoms with Gasteiger partial charge in [-0.2, -0.15) is 13.2 Å². The molecule has 5 nitrogen and oxygen atoms in total. The first-order valence-electron chi connectivity index (χ1n) is 8.12. The van der Waals surface area contributed by atoms with Crippen molar-refractivity contribution in [3.8, 4) is 5.88 Å². The summed E-state index contributed by atoms with van der Waals surface area (Å²) >= 11 is 0. The second-order valence-electron chi connectivity index (χ2n) is 6.27. The SMILES string of the molecule is O=C(NC1CCN(C2CC2)CC1)c1cccnc1OCC(F)(F)F. The van der Waals surface area contributed by atoms with Gasteiger partial charge in [0, 0.05) is 31.4 Å². The molecule has 1 aromatic rings. The highest BCUT2D eigenvalue weighted by atomic mass is 19.4. The van der Waals surface area contributed by atoms with Gasteiger partial charge in [-0.05, 0) is 37.8 Å². The van der Waals surface area contributed by atoms with Crippen LogP contribution in [0.1, 0.15) is 36.0 Å². The van der Waals surface area contributed by atoms with Gasteiger partial charge in [-0.15, -0.1) is 0 Å². The highest BCUT2D eigenvalue weighted by Gasteiger charge is 2.33. The molecule has 24 heavy (non-hydrogen) atoms. The van der Waals surface area contributed by atoms with E-state index in [9.17, 15) is 18.0 Å². The lowest BCUT2D eigenvalue weighted by Crippen LogP contribution is -2.45. The first-order valence-corrected chi connectivity index (χ1v) is 8.12. The third kappa shape index (κ3) is 4.59. The Kier molecular flexibility index (Phi) is 4.93. The average molecular weight is 343 g/mol. The molecule has 1 saturated heterocycles. The van der Waals surface area contributed by atoms with E-state index in [1.807, 2.05) is 0 Å². The van der Waals surface area contributed by atoms with Gasteiger partial charge in [0.1, 0.15) is 5.56 Å². The summed E-state index contributed by atoms with van der Waals surface area (Å²) in [4.78, 5) is 18.5. The number of ether oxygens (including phenoxy) is 1. The normalized spacial score (nSPS) is 20.0. The molecule has 0 aromatic carbocycles. The van der Waals surface area contributed by atoms with Crippen molar-refractivity contribution in [2.75, 3.05) is 19.7 Å². The Labute approximate surface area is 138 Å². The number of amides is 1. The first kappa shape index (κ1) is 17.0. The number of halogens is 3. The number of pyridine rings is 1. The summed E-state index contributed by atoms with van der Waals surface area (Å²) in [6.45, 7) is 0.421. The van der Waals surface area contributed by atoms with E-state index >= 15 is 0 Å². The van der Waals surface area contributed by atoms with E-state index < -0.39 is 18.7 Å². The molecule has 1 saturated carbocycles. The fraction of sp³-hybridized carbons (Fsp3) is 0.625. The van der Waals surface area contributed by atoms with Crippen molar-refractivity contribution in [1.82, 2.24) is 15.2 Å². The van der Waals surface area contributed by atoms with Crippen LogP contribution < -0.4 is 10.1 Å². The third-order valence-corrected chi connectivity index (χ3v) is 4.32. The van der Waals surface area contributed by atoms with Crippen LogP contribution in [0.5, 0.6) is 5.88 Å². The second-order valence-corrected chi connectivity index (χ2v) is 6.27. The lowest BCUT2D eigenvalue weighted by molar-refractivity contribution is -0.154. The Morgan fingerprint density at radius 3 is 2.62 bits per heavy atom. The van der Waals surface area contributed by atoms with E-state index in [-0.39, 0.29) is 17.5 Å². The summed E-state index contributed by atoms with van der Waals surface area (Å²) in [5.74, 6) is -0.729. The fourth-order valence-electron chi connectivity index (χ4n) is 2.94. The molecule has 0 unspecified atom stereocenters. The third-order valence-electron chi connectivity index (χ3n) is 4.32. The van der Waals surface area contributed by atoms with Crippen LogP contribution >= 0.6 is 0 Å². The zero-order chi connectivity index (χ0) is 17.2. The van der Waals surface area contributed by atoms with Gasteiger partial charge in [0.2, 0.25) is 5.88 Å².